The molecule has 1 aliphatic rings. The molecule has 1 amide bonds. The zero-order valence-corrected chi connectivity index (χ0v) is 18.2. The Morgan fingerprint density at radius 1 is 1.06 bits per heavy atom. The van der Waals surface area contributed by atoms with Crippen LogP contribution in [0.4, 0.5) is 5.82 Å². The van der Waals surface area contributed by atoms with E-state index in [4.69, 9.17) is 9.47 Å². The van der Waals surface area contributed by atoms with Crippen molar-refractivity contribution < 1.29 is 19.1 Å². The number of benzene rings is 1. The Morgan fingerprint density at radius 3 is 2.52 bits per heavy atom. The second-order valence-electron chi connectivity index (χ2n) is 7.56. The van der Waals surface area contributed by atoms with Crippen molar-refractivity contribution in [2.75, 3.05) is 25.6 Å². The van der Waals surface area contributed by atoms with Gasteiger partial charge in [0, 0.05) is 48.2 Å². The number of anilines is 1. The van der Waals surface area contributed by atoms with Crippen molar-refractivity contribution in [1.29, 1.82) is 0 Å². The van der Waals surface area contributed by atoms with Crippen molar-refractivity contribution >= 4 is 17.7 Å². The van der Waals surface area contributed by atoms with Gasteiger partial charge in [-0.3, -0.25) is 9.78 Å². The predicted octanol–water partition coefficient (Wildman–Crippen LogP) is 3.70. The molecular weight excluding hydrogens is 418 g/mol. The largest absolute Gasteiger partial charge is 0.465 e. The Morgan fingerprint density at radius 2 is 1.82 bits per heavy atom. The second-order valence-corrected chi connectivity index (χ2v) is 7.56. The summed E-state index contributed by atoms with van der Waals surface area (Å²) in [6, 6.07) is 14.4. The molecule has 1 aliphatic heterocycles. The smallest absolute Gasteiger partial charge is 0.338 e. The van der Waals surface area contributed by atoms with Gasteiger partial charge in [-0.25, -0.2) is 9.78 Å². The van der Waals surface area contributed by atoms with Crippen LogP contribution in [0.3, 0.4) is 0 Å². The highest BCUT2D eigenvalue weighted by Crippen LogP contribution is 2.24. The molecule has 166 valence electrons. The molecule has 0 atom stereocenters. The fraction of sp³-hybridized carbons (Fsp3) is 0.231. The van der Waals surface area contributed by atoms with Crippen LogP contribution in [0, 0.1) is 17.8 Å². The van der Waals surface area contributed by atoms with Crippen LogP contribution in [-0.4, -0.2) is 42.2 Å². The number of hydrogen-bond acceptors (Lipinski definition) is 6. The van der Waals surface area contributed by atoms with Crippen molar-refractivity contribution in [1.82, 2.24) is 9.97 Å². The summed E-state index contributed by atoms with van der Waals surface area (Å²) in [5, 5.41) is 2.85. The number of carbonyl (C=O) groups excluding carboxylic acids is 2. The van der Waals surface area contributed by atoms with Gasteiger partial charge in [0.15, 0.2) is 0 Å². The maximum Gasteiger partial charge on any atom is 0.338 e. The summed E-state index contributed by atoms with van der Waals surface area (Å²) in [4.78, 5) is 33.5. The zero-order valence-electron chi connectivity index (χ0n) is 18.2. The Labute approximate surface area is 192 Å². The molecule has 0 unspecified atom stereocenters. The van der Waals surface area contributed by atoms with E-state index in [9.17, 15) is 9.59 Å². The lowest BCUT2D eigenvalue weighted by Gasteiger charge is -2.21. The van der Waals surface area contributed by atoms with E-state index in [2.05, 4.69) is 27.1 Å². The van der Waals surface area contributed by atoms with Crippen molar-refractivity contribution in [2.24, 2.45) is 5.92 Å². The van der Waals surface area contributed by atoms with Crippen LogP contribution in [0.2, 0.25) is 0 Å². The summed E-state index contributed by atoms with van der Waals surface area (Å²) < 4.78 is 10.2. The highest BCUT2D eigenvalue weighted by molar-refractivity contribution is 5.95. The molecule has 0 bridgehead atoms. The quantitative estimate of drug-likeness (QED) is 0.491. The highest BCUT2D eigenvalue weighted by Gasteiger charge is 2.22. The summed E-state index contributed by atoms with van der Waals surface area (Å²) in [5.41, 5.74) is 3.31. The van der Waals surface area contributed by atoms with E-state index in [-0.39, 0.29) is 11.8 Å². The highest BCUT2D eigenvalue weighted by atomic mass is 16.5. The minimum absolute atomic E-state index is 0.125. The van der Waals surface area contributed by atoms with Gasteiger partial charge < -0.3 is 14.8 Å². The minimum atomic E-state index is -0.501. The van der Waals surface area contributed by atoms with Crippen molar-refractivity contribution in [3.63, 3.8) is 0 Å². The molecule has 33 heavy (non-hydrogen) atoms. The van der Waals surface area contributed by atoms with Crippen molar-refractivity contribution in [3.8, 4) is 23.1 Å². The summed E-state index contributed by atoms with van der Waals surface area (Å²) in [7, 11) is 1.32. The van der Waals surface area contributed by atoms with E-state index in [1.54, 1.807) is 18.5 Å². The van der Waals surface area contributed by atoms with Gasteiger partial charge >= 0.3 is 5.97 Å². The van der Waals surface area contributed by atoms with Crippen molar-refractivity contribution in [3.05, 3.63) is 77.6 Å². The van der Waals surface area contributed by atoms with Crippen molar-refractivity contribution in [2.45, 2.75) is 12.8 Å². The lowest BCUT2D eigenvalue weighted by Crippen LogP contribution is -2.29. The molecule has 0 saturated carbocycles. The number of pyridine rings is 2. The standard InChI is InChI=1S/C26H23N3O4/c1-32-26(31)22-15-23(28-24(16-22)29-25(30)21-10-13-33-14-11-21)20-8-6-18(7-9-20)4-5-19-3-2-12-27-17-19/h2-3,6-9,12,15-17,21H,10-11,13-14H2,1H3,(H,28,29,30). The van der Waals surface area contributed by atoms with Gasteiger partial charge in [-0.1, -0.05) is 24.0 Å². The van der Waals surface area contributed by atoms with Crippen LogP contribution < -0.4 is 5.32 Å². The lowest BCUT2D eigenvalue weighted by molar-refractivity contribution is -0.122. The second kappa shape index (κ2) is 10.5. The number of aromatic nitrogens is 2. The van der Waals surface area contributed by atoms with Crippen LogP contribution in [0.25, 0.3) is 11.3 Å². The number of amides is 1. The maximum absolute atomic E-state index is 12.7. The number of carbonyl (C=O) groups is 2. The summed E-state index contributed by atoms with van der Waals surface area (Å²) >= 11 is 0. The van der Waals surface area contributed by atoms with E-state index < -0.39 is 5.97 Å². The molecule has 7 nitrogen and oxygen atoms in total. The Bertz CT molecular complexity index is 1190. The minimum Gasteiger partial charge on any atom is -0.465 e. The first-order valence-electron chi connectivity index (χ1n) is 10.6. The monoisotopic (exact) mass is 441 g/mol. The first-order valence-corrected chi connectivity index (χ1v) is 10.6. The number of nitrogens with one attached hydrogen (secondary N) is 1. The number of methoxy groups -OCH3 is 1. The normalized spacial score (nSPS) is 13.5. The maximum atomic E-state index is 12.7. The summed E-state index contributed by atoms with van der Waals surface area (Å²) in [6.45, 7) is 1.13. The molecule has 2 aromatic heterocycles. The number of esters is 1. The average Bonchev–Trinajstić information content (AvgIpc) is 2.88. The van der Waals surface area contributed by atoms with Crippen LogP contribution in [0.5, 0.6) is 0 Å². The van der Waals surface area contributed by atoms with Gasteiger partial charge in [0.25, 0.3) is 0 Å². The first kappa shape index (κ1) is 22.2. The molecule has 7 heteroatoms. The summed E-state index contributed by atoms with van der Waals surface area (Å²) in [6.07, 6.45) is 4.74. The molecule has 0 radical (unpaired) electrons. The van der Waals surface area contributed by atoms with Gasteiger partial charge in [0.1, 0.15) is 5.82 Å². The number of ether oxygens (including phenoxy) is 2. The number of rotatable bonds is 4. The molecule has 4 rings (SSSR count). The fourth-order valence-corrected chi connectivity index (χ4v) is 3.47. The molecule has 0 spiro atoms. The third-order valence-corrected chi connectivity index (χ3v) is 5.28. The van der Waals surface area contributed by atoms with Gasteiger partial charge in [0.05, 0.1) is 18.4 Å². The molecule has 0 aliphatic carbocycles. The van der Waals surface area contributed by atoms with Crippen LogP contribution in [0.15, 0.2) is 60.9 Å². The van der Waals surface area contributed by atoms with Crippen LogP contribution in [0.1, 0.15) is 34.3 Å². The van der Waals surface area contributed by atoms with Gasteiger partial charge in [-0.2, -0.15) is 0 Å². The van der Waals surface area contributed by atoms with E-state index in [1.165, 1.54) is 13.2 Å². The van der Waals surface area contributed by atoms with Gasteiger partial charge in [-0.05, 0) is 49.2 Å². The number of hydrogen-bond donors (Lipinski definition) is 1. The van der Waals surface area contributed by atoms with E-state index >= 15 is 0 Å². The summed E-state index contributed by atoms with van der Waals surface area (Å²) in [5.74, 6) is 5.72. The number of nitrogens with zero attached hydrogens (tertiary/aromatic N) is 2. The Balaban J connectivity index is 1.58. The van der Waals surface area contributed by atoms with E-state index in [1.807, 2.05) is 36.4 Å². The zero-order chi connectivity index (χ0) is 23.0. The lowest BCUT2D eigenvalue weighted by atomic mass is 9.99. The predicted molar refractivity (Wildman–Crippen MR) is 123 cm³/mol. The molecule has 1 aromatic carbocycles. The van der Waals surface area contributed by atoms with E-state index in [0.29, 0.717) is 43.1 Å². The Kier molecular flexibility index (Phi) is 7.08. The molecule has 1 fully saturated rings. The fourth-order valence-electron chi connectivity index (χ4n) is 3.47. The molecular formula is C26H23N3O4. The van der Waals surface area contributed by atoms with Crippen LogP contribution in [-0.2, 0) is 14.3 Å². The molecule has 1 saturated heterocycles. The Hall–Kier alpha value is -4.02. The van der Waals surface area contributed by atoms with E-state index in [0.717, 1.165) is 16.7 Å². The molecule has 3 aromatic rings. The first-order chi connectivity index (χ1) is 16.1. The SMILES string of the molecule is COC(=O)c1cc(NC(=O)C2CCOCC2)nc(-c2ccc(C#Cc3cccnc3)cc2)c1. The molecule has 3 heterocycles. The van der Waals surface area contributed by atoms with Gasteiger partial charge in [-0.15, -0.1) is 0 Å². The average molecular weight is 441 g/mol. The third-order valence-electron chi connectivity index (χ3n) is 5.28. The third kappa shape index (κ3) is 5.82. The molecule has 1 N–H and O–H groups in total. The topological polar surface area (TPSA) is 90.4 Å². The van der Waals surface area contributed by atoms with Gasteiger partial charge in [0.2, 0.25) is 5.91 Å². The van der Waals surface area contributed by atoms with Crippen LogP contribution >= 0.6 is 0 Å².